The van der Waals surface area contributed by atoms with Crippen molar-refractivity contribution in [1.29, 1.82) is 0 Å². The highest BCUT2D eigenvalue weighted by molar-refractivity contribution is 9.09. The number of hydrogen-bond donors (Lipinski definition) is 0. The van der Waals surface area contributed by atoms with Crippen molar-refractivity contribution in [1.82, 2.24) is 4.90 Å². The lowest BCUT2D eigenvalue weighted by Gasteiger charge is -2.34. The molecule has 2 rings (SSSR count). The van der Waals surface area contributed by atoms with E-state index < -0.39 is 0 Å². The zero-order valence-corrected chi connectivity index (χ0v) is 13.2. The average molecular weight is 330 g/mol. The number of halogens is 1. The summed E-state index contributed by atoms with van der Waals surface area (Å²) in [6.45, 7) is 2.84. The van der Waals surface area contributed by atoms with E-state index in [1.807, 2.05) is 18.4 Å². The molecule has 1 aromatic heterocycles. The van der Waals surface area contributed by atoms with Crippen LogP contribution in [0.1, 0.15) is 47.3 Å². The van der Waals surface area contributed by atoms with Gasteiger partial charge in [-0.1, -0.05) is 35.2 Å². The van der Waals surface area contributed by atoms with Crippen LogP contribution in [0.5, 0.6) is 0 Å². The molecule has 2 nitrogen and oxygen atoms in total. The van der Waals surface area contributed by atoms with Gasteiger partial charge < -0.3 is 4.90 Å². The highest BCUT2D eigenvalue weighted by Crippen LogP contribution is 2.26. The standard InChI is InChI=1S/C14H20BrNOS/c1-11-7-10-18-13(11)14(17)16(9-8-15)12-5-3-2-4-6-12/h7,10,12H,2-6,8-9H2,1H3. The quantitative estimate of drug-likeness (QED) is 0.757. The third kappa shape index (κ3) is 3.15. The van der Waals surface area contributed by atoms with Gasteiger partial charge in [-0.25, -0.2) is 0 Å². The Bertz CT molecular complexity index is 398. The smallest absolute Gasteiger partial charge is 0.264 e. The maximum absolute atomic E-state index is 12.6. The number of carbonyl (C=O) groups excluding carboxylic acids is 1. The summed E-state index contributed by atoms with van der Waals surface area (Å²) in [4.78, 5) is 15.6. The molecule has 0 spiro atoms. The minimum atomic E-state index is 0.230. The molecule has 1 aliphatic carbocycles. The van der Waals surface area contributed by atoms with Crippen LogP contribution in [0.4, 0.5) is 0 Å². The van der Waals surface area contributed by atoms with Crippen LogP contribution in [0.15, 0.2) is 11.4 Å². The van der Waals surface area contributed by atoms with Crippen LogP contribution in [-0.2, 0) is 0 Å². The Hall–Kier alpha value is -0.350. The molecule has 1 heterocycles. The molecule has 0 N–H and O–H groups in total. The Morgan fingerprint density at radius 3 is 2.72 bits per heavy atom. The zero-order chi connectivity index (χ0) is 13.0. The Morgan fingerprint density at radius 1 is 1.44 bits per heavy atom. The van der Waals surface area contributed by atoms with Gasteiger partial charge in [-0.3, -0.25) is 4.79 Å². The van der Waals surface area contributed by atoms with Gasteiger partial charge in [0.1, 0.15) is 0 Å². The molecule has 1 saturated carbocycles. The van der Waals surface area contributed by atoms with Gasteiger partial charge in [0.05, 0.1) is 4.88 Å². The average Bonchev–Trinajstić information content (AvgIpc) is 2.82. The predicted octanol–water partition coefficient (Wildman–Crippen LogP) is 4.23. The molecule has 1 aliphatic rings. The highest BCUT2D eigenvalue weighted by Gasteiger charge is 2.27. The molecule has 1 fully saturated rings. The largest absolute Gasteiger partial charge is 0.334 e. The lowest BCUT2D eigenvalue weighted by molar-refractivity contribution is 0.0655. The van der Waals surface area contributed by atoms with E-state index >= 15 is 0 Å². The summed E-state index contributed by atoms with van der Waals surface area (Å²) in [5.74, 6) is 0.230. The van der Waals surface area contributed by atoms with Crippen molar-refractivity contribution in [3.05, 3.63) is 21.9 Å². The summed E-state index contributed by atoms with van der Waals surface area (Å²) in [6, 6.07) is 2.48. The maximum atomic E-state index is 12.6. The topological polar surface area (TPSA) is 20.3 Å². The van der Waals surface area contributed by atoms with Gasteiger partial charge in [-0.15, -0.1) is 11.3 Å². The number of carbonyl (C=O) groups is 1. The van der Waals surface area contributed by atoms with Gasteiger partial charge in [0.25, 0.3) is 5.91 Å². The van der Waals surface area contributed by atoms with Gasteiger partial charge in [-0.2, -0.15) is 0 Å². The predicted molar refractivity (Wildman–Crippen MR) is 80.8 cm³/mol. The molecule has 0 bridgehead atoms. The summed E-state index contributed by atoms with van der Waals surface area (Å²) in [6.07, 6.45) is 6.19. The minimum Gasteiger partial charge on any atom is -0.334 e. The second kappa shape index (κ2) is 6.71. The van der Waals surface area contributed by atoms with Crippen molar-refractivity contribution in [2.45, 2.75) is 45.1 Å². The van der Waals surface area contributed by atoms with Gasteiger partial charge in [0.2, 0.25) is 0 Å². The highest BCUT2D eigenvalue weighted by atomic mass is 79.9. The first-order valence-electron chi connectivity index (χ1n) is 6.65. The van der Waals surface area contributed by atoms with Crippen molar-refractivity contribution < 1.29 is 4.79 Å². The van der Waals surface area contributed by atoms with Crippen molar-refractivity contribution in [2.75, 3.05) is 11.9 Å². The van der Waals surface area contributed by atoms with E-state index in [9.17, 15) is 4.79 Å². The zero-order valence-electron chi connectivity index (χ0n) is 10.8. The molecular formula is C14H20BrNOS. The van der Waals surface area contributed by atoms with Crippen LogP contribution in [0.2, 0.25) is 0 Å². The first kappa shape index (κ1) is 14.1. The molecular weight excluding hydrogens is 310 g/mol. The van der Waals surface area contributed by atoms with Gasteiger partial charge in [0, 0.05) is 17.9 Å². The third-order valence-electron chi connectivity index (χ3n) is 3.66. The molecule has 0 atom stereocenters. The van der Waals surface area contributed by atoms with Crippen molar-refractivity contribution in [3.8, 4) is 0 Å². The van der Waals surface area contributed by atoms with E-state index in [0.29, 0.717) is 6.04 Å². The summed E-state index contributed by atoms with van der Waals surface area (Å²) in [5.41, 5.74) is 1.11. The van der Waals surface area contributed by atoms with Crippen LogP contribution in [0, 0.1) is 6.92 Å². The van der Waals surface area contributed by atoms with Crippen LogP contribution in [-0.4, -0.2) is 28.7 Å². The molecule has 0 aromatic carbocycles. The Balaban J connectivity index is 2.13. The molecule has 0 aliphatic heterocycles. The summed E-state index contributed by atoms with van der Waals surface area (Å²) in [7, 11) is 0. The molecule has 4 heteroatoms. The lowest BCUT2D eigenvalue weighted by atomic mass is 9.94. The molecule has 1 aromatic rings. The summed E-state index contributed by atoms with van der Waals surface area (Å²) in [5, 5.41) is 2.87. The Morgan fingerprint density at radius 2 is 2.17 bits per heavy atom. The number of rotatable bonds is 4. The lowest BCUT2D eigenvalue weighted by Crippen LogP contribution is -2.42. The fourth-order valence-electron chi connectivity index (χ4n) is 2.66. The Kier molecular flexibility index (Phi) is 5.25. The Labute approximate surface area is 122 Å². The van der Waals surface area contributed by atoms with E-state index in [2.05, 4.69) is 20.8 Å². The van der Waals surface area contributed by atoms with E-state index in [1.54, 1.807) is 11.3 Å². The monoisotopic (exact) mass is 329 g/mol. The van der Waals surface area contributed by atoms with E-state index in [0.717, 1.165) is 22.3 Å². The molecule has 0 unspecified atom stereocenters. The fraction of sp³-hybridized carbons (Fsp3) is 0.643. The number of amides is 1. The summed E-state index contributed by atoms with van der Waals surface area (Å²) < 4.78 is 0. The molecule has 0 radical (unpaired) electrons. The van der Waals surface area contributed by atoms with Crippen molar-refractivity contribution >= 4 is 33.2 Å². The number of hydrogen-bond acceptors (Lipinski definition) is 2. The molecule has 0 saturated heterocycles. The fourth-order valence-corrected chi connectivity index (χ4v) is 3.92. The van der Waals surface area contributed by atoms with Crippen LogP contribution >= 0.6 is 27.3 Å². The maximum Gasteiger partial charge on any atom is 0.264 e. The van der Waals surface area contributed by atoms with Gasteiger partial charge in [0.15, 0.2) is 0 Å². The normalized spacial score (nSPS) is 16.8. The summed E-state index contributed by atoms with van der Waals surface area (Å²) >= 11 is 5.05. The molecule has 100 valence electrons. The first-order chi connectivity index (χ1) is 8.74. The van der Waals surface area contributed by atoms with Gasteiger partial charge >= 0.3 is 0 Å². The minimum absolute atomic E-state index is 0.230. The van der Waals surface area contributed by atoms with E-state index in [4.69, 9.17) is 0 Å². The van der Waals surface area contributed by atoms with Crippen molar-refractivity contribution in [3.63, 3.8) is 0 Å². The second-order valence-corrected chi connectivity index (χ2v) is 6.62. The SMILES string of the molecule is Cc1ccsc1C(=O)N(CCBr)C1CCCCC1. The van der Waals surface area contributed by atoms with E-state index in [-0.39, 0.29) is 5.91 Å². The van der Waals surface area contributed by atoms with Crippen molar-refractivity contribution in [2.24, 2.45) is 0 Å². The molecule has 1 amide bonds. The number of aryl methyl sites for hydroxylation is 1. The third-order valence-corrected chi connectivity index (χ3v) is 5.02. The number of nitrogens with zero attached hydrogens (tertiary/aromatic N) is 1. The first-order valence-corrected chi connectivity index (χ1v) is 8.65. The number of alkyl halides is 1. The second-order valence-electron chi connectivity index (χ2n) is 4.91. The van der Waals surface area contributed by atoms with E-state index in [1.165, 1.54) is 32.1 Å². The van der Waals surface area contributed by atoms with Crippen LogP contribution in [0.3, 0.4) is 0 Å². The molecule has 18 heavy (non-hydrogen) atoms. The number of thiophene rings is 1. The van der Waals surface area contributed by atoms with Crippen LogP contribution in [0.25, 0.3) is 0 Å². The van der Waals surface area contributed by atoms with Gasteiger partial charge in [-0.05, 0) is 36.8 Å². The van der Waals surface area contributed by atoms with Crippen LogP contribution < -0.4 is 0 Å².